The number of rotatable bonds is 5. The van der Waals surface area contributed by atoms with E-state index in [1.54, 1.807) is 0 Å². The van der Waals surface area contributed by atoms with E-state index < -0.39 is 0 Å². The van der Waals surface area contributed by atoms with Crippen LogP contribution in [-0.2, 0) is 13.1 Å². The predicted molar refractivity (Wildman–Crippen MR) is 85.6 cm³/mol. The molecule has 4 nitrogen and oxygen atoms in total. The molecule has 1 unspecified atom stereocenters. The summed E-state index contributed by atoms with van der Waals surface area (Å²) < 4.78 is 1.84. The van der Waals surface area contributed by atoms with Crippen molar-refractivity contribution in [3.8, 4) is 0 Å². The maximum Gasteiger partial charge on any atom is 0.0668 e. The molecule has 0 aromatic carbocycles. The van der Waals surface area contributed by atoms with Crippen molar-refractivity contribution in [2.75, 3.05) is 19.7 Å². The standard InChI is InChI=1S/C16H23N3OS/c1-13-4-5-15(21-13)12-18-7-2-3-14(11-18)16-6-8-19(17-16)9-10-20/h4-6,8,14,20H,2-3,7,9-12H2,1H3. The summed E-state index contributed by atoms with van der Waals surface area (Å²) in [5, 5.41) is 13.6. The molecule has 3 heterocycles. The molecule has 0 bridgehead atoms. The lowest BCUT2D eigenvalue weighted by atomic mass is 9.95. The number of thiophene rings is 1. The molecule has 1 fully saturated rings. The summed E-state index contributed by atoms with van der Waals surface area (Å²) in [5.74, 6) is 0.528. The lowest BCUT2D eigenvalue weighted by Gasteiger charge is -2.31. The van der Waals surface area contributed by atoms with Crippen molar-refractivity contribution < 1.29 is 5.11 Å². The van der Waals surface area contributed by atoms with E-state index in [-0.39, 0.29) is 6.61 Å². The van der Waals surface area contributed by atoms with Crippen LogP contribution in [-0.4, -0.2) is 39.5 Å². The van der Waals surface area contributed by atoms with Crippen molar-refractivity contribution >= 4 is 11.3 Å². The zero-order chi connectivity index (χ0) is 14.7. The summed E-state index contributed by atoms with van der Waals surface area (Å²) in [6, 6.07) is 6.57. The molecule has 21 heavy (non-hydrogen) atoms. The highest BCUT2D eigenvalue weighted by atomic mass is 32.1. The minimum absolute atomic E-state index is 0.148. The molecule has 5 heteroatoms. The van der Waals surface area contributed by atoms with Gasteiger partial charge in [0.05, 0.1) is 18.8 Å². The molecule has 1 N–H and O–H groups in total. The number of aliphatic hydroxyl groups is 1. The molecule has 0 saturated carbocycles. The van der Waals surface area contributed by atoms with Crippen LogP contribution in [0.4, 0.5) is 0 Å². The maximum absolute atomic E-state index is 8.98. The molecule has 0 radical (unpaired) electrons. The Hall–Kier alpha value is -1.17. The van der Waals surface area contributed by atoms with Crippen LogP contribution in [0.1, 0.15) is 34.2 Å². The molecule has 2 aromatic rings. The quantitative estimate of drug-likeness (QED) is 0.923. The van der Waals surface area contributed by atoms with Gasteiger partial charge < -0.3 is 5.11 Å². The normalized spacial score (nSPS) is 20.0. The number of hydrogen-bond acceptors (Lipinski definition) is 4. The maximum atomic E-state index is 8.98. The smallest absolute Gasteiger partial charge is 0.0668 e. The zero-order valence-electron chi connectivity index (χ0n) is 12.5. The van der Waals surface area contributed by atoms with Gasteiger partial charge in [-0.1, -0.05) is 0 Å². The Balaban J connectivity index is 1.61. The Morgan fingerprint density at radius 3 is 3.05 bits per heavy atom. The summed E-state index contributed by atoms with van der Waals surface area (Å²) in [6.45, 7) is 6.24. The van der Waals surface area contributed by atoms with Gasteiger partial charge in [-0.25, -0.2) is 0 Å². The Morgan fingerprint density at radius 2 is 2.29 bits per heavy atom. The van der Waals surface area contributed by atoms with Crippen molar-refractivity contribution in [1.29, 1.82) is 0 Å². The molecule has 0 amide bonds. The third-order valence-corrected chi connectivity index (χ3v) is 5.08. The molecule has 0 aliphatic carbocycles. The lowest BCUT2D eigenvalue weighted by molar-refractivity contribution is 0.199. The zero-order valence-corrected chi connectivity index (χ0v) is 13.4. The second-order valence-electron chi connectivity index (χ2n) is 5.81. The molecular formula is C16H23N3OS. The average Bonchev–Trinajstić information content (AvgIpc) is 3.09. The highest BCUT2D eigenvalue weighted by Crippen LogP contribution is 2.27. The summed E-state index contributed by atoms with van der Waals surface area (Å²) >= 11 is 1.90. The number of nitrogens with zero attached hydrogens (tertiary/aromatic N) is 3. The number of aliphatic hydroxyl groups excluding tert-OH is 1. The Kier molecular flexibility index (Phi) is 4.73. The summed E-state index contributed by atoms with van der Waals surface area (Å²) in [7, 11) is 0. The fourth-order valence-electron chi connectivity index (χ4n) is 3.05. The molecule has 1 aliphatic rings. The molecule has 3 rings (SSSR count). The minimum Gasteiger partial charge on any atom is -0.394 e. The van der Waals surface area contributed by atoms with Gasteiger partial charge in [0.2, 0.25) is 0 Å². The van der Waals surface area contributed by atoms with E-state index in [9.17, 15) is 0 Å². The topological polar surface area (TPSA) is 41.3 Å². The number of hydrogen-bond donors (Lipinski definition) is 1. The van der Waals surface area contributed by atoms with Gasteiger partial charge in [0, 0.05) is 35.0 Å². The molecule has 114 valence electrons. The van der Waals surface area contributed by atoms with Gasteiger partial charge in [-0.15, -0.1) is 11.3 Å². The fraction of sp³-hybridized carbons (Fsp3) is 0.562. The average molecular weight is 305 g/mol. The molecule has 1 aliphatic heterocycles. The van der Waals surface area contributed by atoms with Crippen LogP contribution in [0.25, 0.3) is 0 Å². The third-order valence-electron chi connectivity index (χ3n) is 4.09. The van der Waals surface area contributed by atoms with E-state index >= 15 is 0 Å². The van der Waals surface area contributed by atoms with E-state index in [1.165, 1.54) is 34.8 Å². The van der Waals surface area contributed by atoms with E-state index in [1.807, 2.05) is 22.2 Å². The van der Waals surface area contributed by atoms with E-state index in [0.717, 1.165) is 13.1 Å². The molecule has 1 saturated heterocycles. The van der Waals surface area contributed by atoms with E-state index in [4.69, 9.17) is 5.11 Å². The van der Waals surface area contributed by atoms with Crippen LogP contribution in [0.2, 0.25) is 0 Å². The van der Waals surface area contributed by atoms with Gasteiger partial charge >= 0.3 is 0 Å². The third kappa shape index (κ3) is 3.73. The molecule has 1 atom stereocenters. The van der Waals surface area contributed by atoms with Crippen LogP contribution < -0.4 is 0 Å². The van der Waals surface area contributed by atoms with Crippen molar-refractivity contribution in [2.45, 2.75) is 38.8 Å². The van der Waals surface area contributed by atoms with E-state index in [0.29, 0.717) is 12.5 Å². The first-order valence-corrected chi connectivity index (χ1v) is 8.48. The number of aromatic nitrogens is 2. The Bertz CT molecular complexity index is 578. The van der Waals surface area contributed by atoms with Crippen LogP contribution in [0.15, 0.2) is 24.4 Å². The van der Waals surface area contributed by atoms with Crippen molar-refractivity contribution in [3.63, 3.8) is 0 Å². The molecule has 2 aromatic heterocycles. The largest absolute Gasteiger partial charge is 0.394 e. The Morgan fingerprint density at radius 1 is 1.38 bits per heavy atom. The van der Waals surface area contributed by atoms with Crippen LogP contribution >= 0.6 is 11.3 Å². The number of aryl methyl sites for hydroxylation is 1. The summed E-state index contributed by atoms with van der Waals surface area (Å²) in [5.41, 5.74) is 1.18. The van der Waals surface area contributed by atoms with E-state index in [2.05, 4.69) is 35.1 Å². The van der Waals surface area contributed by atoms with Crippen LogP contribution in [0, 0.1) is 6.92 Å². The lowest BCUT2D eigenvalue weighted by Crippen LogP contribution is -2.33. The van der Waals surface area contributed by atoms with Crippen LogP contribution in [0.5, 0.6) is 0 Å². The first-order valence-electron chi connectivity index (χ1n) is 7.66. The molecule has 0 spiro atoms. The highest BCUT2D eigenvalue weighted by Gasteiger charge is 2.23. The SMILES string of the molecule is Cc1ccc(CN2CCCC(c3ccn(CCO)n3)C2)s1. The second-order valence-corrected chi connectivity index (χ2v) is 7.19. The first kappa shape index (κ1) is 14.8. The van der Waals surface area contributed by atoms with Crippen molar-refractivity contribution in [3.05, 3.63) is 39.8 Å². The minimum atomic E-state index is 0.148. The monoisotopic (exact) mass is 305 g/mol. The highest BCUT2D eigenvalue weighted by molar-refractivity contribution is 7.11. The van der Waals surface area contributed by atoms with Gasteiger partial charge in [0.15, 0.2) is 0 Å². The molecular weight excluding hydrogens is 282 g/mol. The summed E-state index contributed by atoms with van der Waals surface area (Å²) in [6.07, 6.45) is 4.44. The van der Waals surface area contributed by atoms with Gasteiger partial charge in [-0.05, 0) is 44.5 Å². The van der Waals surface area contributed by atoms with Gasteiger partial charge in [0.25, 0.3) is 0 Å². The predicted octanol–water partition coefficient (Wildman–Crippen LogP) is 2.62. The van der Waals surface area contributed by atoms with Crippen molar-refractivity contribution in [1.82, 2.24) is 14.7 Å². The van der Waals surface area contributed by atoms with Crippen LogP contribution in [0.3, 0.4) is 0 Å². The fourth-order valence-corrected chi connectivity index (χ4v) is 3.99. The Labute approximate surface area is 130 Å². The number of piperidine rings is 1. The van der Waals surface area contributed by atoms with Crippen molar-refractivity contribution in [2.24, 2.45) is 0 Å². The first-order chi connectivity index (χ1) is 10.2. The van der Waals surface area contributed by atoms with Gasteiger partial charge in [0.1, 0.15) is 0 Å². The summed E-state index contributed by atoms with van der Waals surface area (Å²) in [4.78, 5) is 5.39. The van der Waals surface area contributed by atoms with Gasteiger partial charge in [-0.3, -0.25) is 9.58 Å². The number of likely N-dealkylation sites (tertiary alicyclic amines) is 1. The second kappa shape index (κ2) is 6.73. The van der Waals surface area contributed by atoms with Gasteiger partial charge in [-0.2, -0.15) is 5.10 Å².